The molecule has 2 fully saturated rings. The van der Waals surface area contributed by atoms with Gasteiger partial charge in [-0.3, -0.25) is 4.79 Å². The Hall–Kier alpha value is -2.07. The number of morpholine rings is 1. The molecule has 9 heteroatoms. The number of aromatic nitrogens is 2. The summed E-state index contributed by atoms with van der Waals surface area (Å²) in [6.45, 7) is 2.07. The van der Waals surface area contributed by atoms with Crippen molar-refractivity contribution in [2.45, 2.75) is 6.04 Å². The van der Waals surface area contributed by atoms with Crippen molar-refractivity contribution in [2.75, 3.05) is 39.4 Å². The topological polar surface area (TPSA) is 84.7 Å². The molecule has 0 aliphatic carbocycles. The van der Waals surface area contributed by atoms with Crippen LogP contribution in [-0.2, 0) is 14.9 Å². The zero-order chi connectivity index (χ0) is 18.1. The van der Waals surface area contributed by atoms with Crippen molar-refractivity contribution in [1.82, 2.24) is 18.4 Å². The van der Waals surface area contributed by atoms with Gasteiger partial charge in [-0.25, -0.2) is 4.68 Å². The lowest BCUT2D eigenvalue weighted by atomic mass is 10.1. The average Bonchev–Trinajstić information content (AvgIpc) is 2.63. The number of benzene rings is 1. The van der Waals surface area contributed by atoms with E-state index in [0.29, 0.717) is 32.0 Å². The second-order valence-electron chi connectivity index (χ2n) is 6.36. The molecule has 3 heterocycles. The molecule has 2 aliphatic rings. The highest BCUT2D eigenvalue weighted by molar-refractivity contribution is 7.86. The van der Waals surface area contributed by atoms with Crippen molar-refractivity contribution in [3.05, 3.63) is 52.8 Å². The molecule has 2 aromatic rings. The quantitative estimate of drug-likeness (QED) is 0.768. The molecule has 0 radical (unpaired) electrons. The number of hydrogen-bond acceptors (Lipinski definition) is 5. The van der Waals surface area contributed by atoms with E-state index in [2.05, 4.69) is 5.10 Å². The van der Waals surface area contributed by atoms with Crippen molar-refractivity contribution in [2.24, 2.45) is 0 Å². The molecular weight excluding hydrogens is 356 g/mol. The van der Waals surface area contributed by atoms with E-state index in [1.54, 1.807) is 6.07 Å². The van der Waals surface area contributed by atoms with E-state index in [9.17, 15) is 13.2 Å². The highest BCUT2D eigenvalue weighted by Crippen LogP contribution is 2.25. The number of nitrogens with zero attached hydrogens (tertiary/aromatic N) is 4. The first kappa shape index (κ1) is 17.3. The third-order valence-corrected chi connectivity index (χ3v) is 6.66. The lowest BCUT2D eigenvalue weighted by molar-refractivity contribution is 0.0661. The van der Waals surface area contributed by atoms with Gasteiger partial charge in [0.2, 0.25) is 0 Å². The lowest BCUT2D eigenvalue weighted by Gasteiger charge is -2.41. The minimum Gasteiger partial charge on any atom is -0.379 e. The molecule has 2 aliphatic heterocycles. The fraction of sp³-hybridized carbons (Fsp3) is 0.412. The molecule has 8 nitrogen and oxygen atoms in total. The first-order valence-electron chi connectivity index (χ1n) is 8.54. The van der Waals surface area contributed by atoms with Gasteiger partial charge in [0.05, 0.1) is 24.9 Å². The monoisotopic (exact) mass is 376 g/mol. The van der Waals surface area contributed by atoms with Gasteiger partial charge in [-0.15, -0.1) is 0 Å². The van der Waals surface area contributed by atoms with Gasteiger partial charge >= 0.3 is 0 Å². The molecule has 0 amide bonds. The Kier molecular flexibility index (Phi) is 4.62. The van der Waals surface area contributed by atoms with E-state index in [0.717, 1.165) is 5.56 Å². The third kappa shape index (κ3) is 3.18. The zero-order valence-corrected chi connectivity index (χ0v) is 15.0. The zero-order valence-electron chi connectivity index (χ0n) is 14.2. The van der Waals surface area contributed by atoms with Crippen LogP contribution in [0.5, 0.6) is 0 Å². The van der Waals surface area contributed by atoms with Gasteiger partial charge in [0.1, 0.15) is 0 Å². The van der Waals surface area contributed by atoms with Crippen molar-refractivity contribution < 1.29 is 13.2 Å². The summed E-state index contributed by atoms with van der Waals surface area (Å²) in [5, 5.41) is 4.44. The molecule has 0 unspecified atom stereocenters. The Morgan fingerprint density at radius 3 is 2.35 bits per heavy atom. The maximum atomic E-state index is 12.6. The maximum Gasteiger partial charge on any atom is 0.282 e. The van der Waals surface area contributed by atoms with Crippen LogP contribution in [0, 0.1) is 0 Å². The standard InChI is InChI=1S/C17H20N4O4S/c22-17-7-6-16(14-4-2-1-3-5-14)18-21(17)15-12-20(13-15)26(23,24)19-8-10-25-11-9-19/h1-7,15H,8-13H2. The highest BCUT2D eigenvalue weighted by atomic mass is 32.2. The summed E-state index contributed by atoms with van der Waals surface area (Å²) in [7, 11) is -3.50. The smallest absolute Gasteiger partial charge is 0.282 e. The Morgan fingerprint density at radius 1 is 0.962 bits per heavy atom. The molecule has 1 aromatic heterocycles. The van der Waals surface area contributed by atoms with Crippen molar-refractivity contribution in [3.63, 3.8) is 0 Å². The summed E-state index contributed by atoms with van der Waals surface area (Å²) in [4.78, 5) is 12.2. The predicted molar refractivity (Wildman–Crippen MR) is 95.9 cm³/mol. The van der Waals surface area contributed by atoms with Gasteiger partial charge in [0.25, 0.3) is 15.8 Å². The van der Waals surface area contributed by atoms with Crippen molar-refractivity contribution in [3.8, 4) is 11.3 Å². The first-order chi connectivity index (χ1) is 12.6. The van der Waals surface area contributed by atoms with Crippen molar-refractivity contribution >= 4 is 10.2 Å². The van der Waals surface area contributed by atoms with Gasteiger partial charge in [-0.1, -0.05) is 30.3 Å². The Bertz CT molecular complexity index is 933. The van der Waals surface area contributed by atoms with Crippen LogP contribution in [0.4, 0.5) is 0 Å². The minimum absolute atomic E-state index is 0.224. The van der Waals surface area contributed by atoms with Crippen LogP contribution in [0.25, 0.3) is 11.3 Å². The molecule has 138 valence electrons. The van der Waals surface area contributed by atoms with Crippen LogP contribution < -0.4 is 5.56 Å². The van der Waals surface area contributed by atoms with Gasteiger partial charge < -0.3 is 4.74 Å². The second-order valence-corrected chi connectivity index (χ2v) is 8.29. The van der Waals surface area contributed by atoms with Gasteiger partial charge in [-0.2, -0.15) is 22.1 Å². The van der Waals surface area contributed by atoms with Crippen LogP contribution in [0.3, 0.4) is 0 Å². The summed E-state index contributed by atoms with van der Waals surface area (Å²) in [6, 6.07) is 12.5. The van der Waals surface area contributed by atoms with E-state index in [-0.39, 0.29) is 24.7 Å². The molecule has 4 rings (SSSR count). The highest BCUT2D eigenvalue weighted by Gasteiger charge is 2.41. The summed E-state index contributed by atoms with van der Waals surface area (Å²) in [5.41, 5.74) is 1.39. The molecule has 1 aromatic carbocycles. The van der Waals surface area contributed by atoms with E-state index >= 15 is 0 Å². The number of ether oxygens (including phenoxy) is 1. The molecular formula is C17H20N4O4S. The largest absolute Gasteiger partial charge is 0.379 e. The average molecular weight is 376 g/mol. The molecule has 2 saturated heterocycles. The number of hydrogen-bond donors (Lipinski definition) is 0. The van der Waals surface area contributed by atoms with Crippen LogP contribution in [-0.4, -0.2) is 66.2 Å². The Morgan fingerprint density at radius 2 is 1.65 bits per heavy atom. The van der Waals surface area contributed by atoms with Crippen LogP contribution in [0.1, 0.15) is 6.04 Å². The summed E-state index contributed by atoms with van der Waals surface area (Å²) >= 11 is 0. The molecule has 0 atom stereocenters. The van der Waals surface area contributed by atoms with Gasteiger partial charge in [0.15, 0.2) is 0 Å². The van der Waals surface area contributed by atoms with E-state index in [1.165, 1.54) is 19.4 Å². The van der Waals surface area contributed by atoms with Crippen molar-refractivity contribution in [1.29, 1.82) is 0 Å². The fourth-order valence-corrected chi connectivity index (χ4v) is 4.81. The summed E-state index contributed by atoms with van der Waals surface area (Å²) in [6.07, 6.45) is 0. The van der Waals surface area contributed by atoms with E-state index in [1.807, 2.05) is 30.3 Å². The van der Waals surface area contributed by atoms with E-state index in [4.69, 9.17) is 4.74 Å². The third-order valence-electron chi connectivity index (χ3n) is 4.69. The molecule has 0 bridgehead atoms. The first-order valence-corrected chi connectivity index (χ1v) is 9.94. The predicted octanol–water partition coefficient (Wildman–Crippen LogP) is 0.344. The minimum atomic E-state index is -3.50. The van der Waals surface area contributed by atoms with Gasteiger partial charge in [0, 0.05) is 37.8 Å². The number of rotatable bonds is 4. The van der Waals surface area contributed by atoms with Crippen LogP contribution >= 0.6 is 0 Å². The Balaban J connectivity index is 1.51. The SMILES string of the molecule is O=c1ccc(-c2ccccc2)nn1C1CN(S(=O)(=O)N2CCOCC2)C1. The normalized spacial score (nSPS) is 20.0. The maximum absolute atomic E-state index is 12.6. The lowest BCUT2D eigenvalue weighted by Crippen LogP contribution is -2.58. The molecule has 0 spiro atoms. The molecule has 0 saturated carbocycles. The van der Waals surface area contributed by atoms with E-state index < -0.39 is 10.2 Å². The Labute approximate surface area is 151 Å². The van der Waals surface area contributed by atoms with Crippen LogP contribution in [0.15, 0.2) is 47.3 Å². The second kappa shape index (κ2) is 6.92. The summed E-state index contributed by atoms with van der Waals surface area (Å²) < 4.78 is 34.6. The van der Waals surface area contributed by atoms with Crippen LogP contribution in [0.2, 0.25) is 0 Å². The summed E-state index contributed by atoms with van der Waals surface area (Å²) in [5.74, 6) is 0. The van der Waals surface area contributed by atoms with Gasteiger partial charge in [-0.05, 0) is 6.07 Å². The molecule has 26 heavy (non-hydrogen) atoms. The molecule has 0 N–H and O–H groups in total. The fourth-order valence-electron chi connectivity index (χ4n) is 3.15.